The third-order valence-electron chi connectivity index (χ3n) is 2.35. The van der Waals surface area contributed by atoms with E-state index in [0.717, 1.165) is 22.4 Å². The van der Waals surface area contributed by atoms with E-state index in [9.17, 15) is 0 Å². The fourth-order valence-corrected chi connectivity index (χ4v) is 1.54. The van der Waals surface area contributed by atoms with Gasteiger partial charge >= 0.3 is 0 Å². The van der Waals surface area contributed by atoms with Gasteiger partial charge in [0.2, 0.25) is 0 Å². The average molecular weight is 199 g/mol. The first-order valence-electron chi connectivity index (χ1n) is 4.75. The van der Waals surface area contributed by atoms with Crippen LogP contribution in [0.15, 0.2) is 36.5 Å². The predicted molar refractivity (Wildman–Crippen MR) is 63.2 cm³/mol. The Morgan fingerprint density at radius 3 is 2.33 bits per heavy atom. The first-order chi connectivity index (χ1) is 7.16. The fraction of sp³-hybridized carbons (Fsp3) is 0.0833. The molecule has 0 fully saturated rings. The first-order valence-corrected chi connectivity index (χ1v) is 4.75. The third kappa shape index (κ3) is 1.91. The molecule has 3 nitrogen and oxygen atoms in total. The smallest absolute Gasteiger partial charge is 0.123 e. The molecule has 0 aliphatic carbocycles. The van der Waals surface area contributed by atoms with Gasteiger partial charge in [0.05, 0.1) is 0 Å². The van der Waals surface area contributed by atoms with Gasteiger partial charge in [0.1, 0.15) is 5.82 Å². The van der Waals surface area contributed by atoms with Crippen LogP contribution in [0.3, 0.4) is 0 Å². The summed E-state index contributed by atoms with van der Waals surface area (Å²) in [7, 11) is 0. The predicted octanol–water partition coefficient (Wildman–Crippen LogP) is 2.22. The van der Waals surface area contributed by atoms with E-state index in [0.29, 0.717) is 5.82 Å². The average Bonchev–Trinajstić information content (AvgIpc) is 2.20. The van der Waals surface area contributed by atoms with Crippen LogP contribution >= 0.6 is 0 Å². The van der Waals surface area contributed by atoms with E-state index in [2.05, 4.69) is 4.98 Å². The molecule has 0 radical (unpaired) electrons. The van der Waals surface area contributed by atoms with Crippen molar-refractivity contribution in [2.45, 2.75) is 6.92 Å². The molecule has 0 amide bonds. The molecule has 1 aromatic heterocycles. The fourth-order valence-electron chi connectivity index (χ4n) is 1.54. The van der Waals surface area contributed by atoms with Crippen molar-refractivity contribution >= 4 is 11.5 Å². The maximum atomic E-state index is 5.63. The monoisotopic (exact) mass is 199 g/mol. The van der Waals surface area contributed by atoms with Crippen LogP contribution in [0, 0.1) is 6.92 Å². The number of anilines is 2. The number of aryl methyl sites for hydroxylation is 1. The maximum absolute atomic E-state index is 5.63. The molecule has 0 saturated heterocycles. The first kappa shape index (κ1) is 9.52. The van der Waals surface area contributed by atoms with Crippen molar-refractivity contribution in [2.75, 3.05) is 11.5 Å². The molecule has 15 heavy (non-hydrogen) atoms. The van der Waals surface area contributed by atoms with E-state index >= 15 is 0 Å². The minimum atomic E-state index is 0.548. The Balaban J connectivity index is 2.49. The Morgan fingerprint density at radius 1 is 1.07 bits per heavy atom. The minimum absolute atomic E-state index is 0.548. The molecule has 0 unspecified atom stereocenters. The number of nitrogens with two attached hydrogens (primary N) is 2. The number of hydrogen-bond acceptors (Lipinski definition) is 3. The number of rotatable bonds is 1. The summed E-state index contributed by atoms with van der Waals surface area (Å²) in [6.07, 6.45) is 1.79. The lowest BCUT2D eigenvalue weighted by Crippen LogP contribution is -1.93. The molecule has 76 valence electrons. The number of pyridine rings is 1. The zero-order valence-electron chi connectivity index (χ0n) is 8.57. The van der Waals surface area contributed by atoms with Gasteiger partial charge in [-0.3, -0.25) is 0 Å². The quantitative estimate of drug-likeness (QED) is 0.692. The highest BCUT2D eigenvalue weighted by atomic mass is 14.8. The van der Waals surface area contributed by atoms with E-state index in [4.69, 9.17) is 11.5 Å². The Morgan fingerprint density at radius 2 is 1.73 bits per heavy atom. The van der Waals surface area contributed by atoms with Gasteiger partial charge in [0, 0.05) is 17.4 Å². The second-order valence-electron chi connectivity index (χ2n) is 3.55. The molecule has 0 spiro atoms. The molecule has 0 saturated carbocycles. The second kappa shape index (κ2) is 3.61. The van der Waals surface area contributed by atoms with Gasteiger partial charge in [0.25, 0.3) is 0 Å². The highest BCUT2D eigenvalue weighted by molar-refractivity contribution is 5.68. The number of aromatic nitrogens is 1. The van der Waals surface area contributed by atoms with Crippen LogP contribution in [-0.2, 0) is 0 Å². The summed E-state index contributed by atoms with van der Waals surface area (Å²) in [6, 6.07) is 9.59. The molecule has 2 rings (SSSR count). The van der Waals surface area contributed by atoms with Crippen LogP contribution < -0.4 is 11.5 Å². The van der Waals surface area contributed by atoms with Gasteiger partial charge in [-0.2, -0.15) is 0 Å². The molecular formula is C12H13N3. The van der Waals surface area contributed by atoms with Crippen LogP contribution in [0.1, 0.15) is 5.56 Å². The summed E-state index contributed by atoms with van der Waals surface area (Å²) in [6.45, 7) is 2.02. The van der Waals surface area contributed by atoms with Crippen molar-refractivity contribution in [1.29, 1.82) is 0 Å². The largest absolute Gasteiger partial charge is 0.399 e. The Hall–Kier alpha value is -2.03. The van der Waals surface area contributed by atoms with E-state index in [1.54, 1.807) is 6.20 Å². The summed E-state index contributed by atoms with van der Waals surface area (Å²) >= 11 is 0. The minimum Gasteiger partial charge on any atom is -0.399 e. The summed E-state index contributed by atoms with van der Waals surface area (Å²) < 4.78 is 0. The van der Waals surface area contributed by atoms with E-state index < -0.39 is 0 Å². The highest BCUT2D eigenvalue weighted by Gasteiger charge is 2.02. The summed E-state index contributed by atoms with van der Waals surface area (Å²) in [5.74, 6) is 0.548. The highest BCUT2D eigenvalue weighted by Crippen LogP contribution is 2.24. The van der Waals surface area contributed by atoms with Crippen molar-refractivity contribution < 1.29 is 0 Å². The Labute approximate surface area is 88.8 Å². The molecule has 1 heterocycles. The van der Waals surface area contributed by atoms with Gasteiger partial charge in [-0.05, 0) is 36.2 Å². The molecule has 0 bridgehead atoms. The van der Waals surface area contributed by atoms with Crippen molar-refractivity contribution in [1.82, 2.24) is 4.98 Å². The number of benzene rings is 1. The van der Waals surface area contributed by atoms with Gasteiger partial charge < -0.3 is 11.5 Å². The lowest BCUT2D eigenvalue weighted by Gasteiger charge is -2.06. The maximum Gasteiger partial charge on any atom is 0.123 e. The lowest BCUT2D eigenvalue weighted by molar-refractivity contribution is 1.29. The molecule has 0 atom stereocenters. The molecule has 3 heteroatoms. The van der Waals surface area contributed by atoms with Crippen LogP contribution in [0.25, 0.3) is 11.1 Å². The van der Waals surface area contributed by atoms with Gasteiger partial charge in [-0.15, -0.1) is 0 Å². The number of hydrogen-bond donors (Lipinski definition) is 2. The normalized spacial score (nSPS) is 10.2. The van der Waals surface area contributed by atoms with E-state index in [-0.39, 0.29) is 0 Å². The Kier molecular flexibility index (Phi) is 2.29. The zero-order chi connectivity index (χ0) is 10.8. The Bertz CT molecular complexity index is 475. The number of nitrogen functional groups attached to an aromatic ring is 2. The van der Waals surface area contributed by atoms with E-state index in [1.165, 1.54) is 0 Å². The molecule has 0 aliphatic heterocycles. The van der Waals surface area contributed by atoms with E-state index in [1.807, 2.05) is 37.3 Å². The van der Waals surface area contributed by atoms with Gasteiger partial charge in [-0.25, -0.2) is 4.98 Å². The third-order valence-corrected chi connectivity index (χ3v) is 2.35. The van der Waals surface area contributed by atoms with Gasteiger partial charge in [-0.1, -0.05) is 12.1 Å². The zero-order valence-corrected chi connectivity index (χ0v) is 8.57. The SMILES string of the molecule is Cc1cc(N)ncc1-c1ccc(N)cc1. The molecular weight excluding hydrogens is 186 g/mol. The molecule has 2 aromatic rings. The second-order valence-corrected chi connectivity index (χ2v) is 3.55. The summed E-state index contributed by atoms with van der Waals surface area (Å²) in [5.41, 5.74) is 15.3. The number of nitrogens with zero attached hydrogens (tertiary/aromatic N) is 1. The summed E-state index contributed by atoms with van der Waals surface area (Å²) in [4.78, 5) is 4.09. The summed E-state index contributed by atoms with van der Waals surface area (Å²) in [5, 5.41) is 0. The molecule has 4 N–H and O–H groups in total. The van der Waals surface area contributed by atoms with Crippen molar-refractivity contribution in [3.8, 4) is 11.1 Å². The topological polar surface area (TPSA) is 64.9 Å². The standard InChI is InChI=1S/C12H13N3/c1-8-6-12(14)15-7-11(8)9-2-4-10(13)5-3-9/h2-7H,13H2,1H3,(H2,14,15). The molecule has 1 aromatic carbocycles. The van der Waals surface area contributed by atoms with Gasteiger partial charge in [0.15, 0.2) is 0 Å². The van der Waals surface area contributed by atoms with Crippen LogP contribution in [0.2, 0.25) is 0 Å². The van der Waals surface area contributed by atoms with Crippen LogP contribution in [0.5, 0.6) is 0 Å². The van der Waals surface area contributed by atoms with Crippen molar-refractivity contribution in [3.63, 3.8) is 0 Å². The lowest BCUT2D eigenvalue weighted by atomic mass is 10.0. The van der Waals surface area contributed by atoms with Crippen LogP contribution in [-0.4, -0.2) is 4.98 Å². The molecule has 0 aliphatic rings. The van der Waals surface area contributed by atoms with Crippen molar-refractivity contribution in [3.05, 3.63) is 42.1 Å². The van der Waals surface area contributed by atoms with Crippen molar-refractivity contribution in [2.24, 2.45) is 0 Å². The van der Waals surface area contributed by atoms with Crippen LogP contribution in [0.4, 0.5) is 11.5 Å².